The van der Waals surface area contributed by atoms with Gasteiger partial charge in [0.1, 0.15) is 5.82 Å². The van der Waals surface area contributed by atoms with Crippen LogP contribution in [-0.2, 0) is 23.1 Å². The Kier molecular flexibility index (Phi) is 4.77. The van der Waals surface area contributed by atoms with Gasteiger partial charge in [0.05, 0.1) is 25.0 Å². The van der Waals surface area contributed by atoms with E-state index in [2.05, 4.69) is 31.1 Å². The van der Waals surface area contributed by atoms with E-state index in [4.69, 9.17) is 14.6 Å². The first kappa shape index (κ1) is 17.3. The van der Waals surface area contributed by atoms with E-state index >= 15 is 0 Å². The Morgan fingerprint density at radius 1 is 1.32 bits per heavy atom. The number of hydrogen-bond donors (Lipinski definition) is 1. The fourth-order valence-corrected chi connectivity index (χ4v) is 5.02. The van der Waals surface area contributed by atoms with Crippen LogP contribution in [0.15, 0.2) is 0 Å². The third-order valence-electron chi connectivity index (χ3n) is 6.59. The number of nitrogens with one attached hydrogen (secondary N) is 1. The van der Waals surface area contributed by atoms with E-state index < -0.39 is 0 Å². The monoisotopic (exact) mass is 348 g/mol. The lowest BCUT2D eigenvalue weighted by atomic mass is 9.51. The second-order valence-electron chi connectivity index (χ2n) is 7.81. The van der Waals surface area contributed by atoms with Gasteiger partial charge in [0, 0.05) is 50.3 Å². The second-order valence-corrected chi connectivity index (χ2v) is 7.81. The van der Waals surface area contributed by atoms with Crippen LogP contribution in [0.3, 0.4) is 0 Å². The Hall–Kier alpha value is -1.11. The van der Waals surface area contributed by atoms with Crippen molar-refractivity contribution in [2.24, 2.45) is 12.5 Å². The third-order valence-corrected chi connectivity index (χ3v) is 6.59. The maximum absolute atomic E-state index is 5.99. The van der Waals surface area contributed by atoms with Crippen molar-refractivity contribution in [3.63, 3.8) is 0 Å². The highest BCUT2D eigenvalue weighted by atomic mass is 16.5. The van der Waals surface area contributed by atoms with Gasteiger partial charge in [-0.2, -0.15) is 5.10 Å². The van der Waals surface area contributed by atoms with Crippen molar-refractivity contribution < 1.29 is 9.47 Å². The maximum atomic E-state index is 5.99. The van der Waals surface area contributed by atoms with Crippen LogP contribution in [0.5, 0.6) is 0 Å². The van der Waals surface area contributed by atoms with Crippen molar-refractivity contribution in [3.05, 3.63) is 11.3 Å². The quantitative estimate of drug-likeness (QED) is 0.852. The fourth-order valence-electron chi connectivity index (χ4n) is 5.02. The molecule has 6 heteroatoms. The van der Waals surface area contributed by atoms with E-state index in [0.29, 0.717) is 17.6 Å². The highest BCUT2D eigenvalue weighted by Gasteiger charge is 2.58. The van der Waals surface area contributed by atoms with Gasteiger partial charge in [-0.3, -0.25) is 4.68 Å². The molecule has 1 aromatic rings. The first-order chi connectivity index (χ1) is 12.2. The van der Waals surface area contributed by atoms with E-state index in [0.717, 1.165) is 51.6 Å². The van der Waals surface area contributed by atoms with Gasteiger partial charge >= 0.3 is 0 Å². The zero-order chi connectivity index (χ0) is 17.4. The maximum Gasteiger partial charge on any atom is 0.131 e. The Bertz CT molecular complexity index is 605. The van der Waals surface area contributed by atoms with Gasteiger partial charge in [-0.1, -0.05) is 6.42 Å². The Labute approximate surface area is 150 Å². The molecule has 6 nitrogen and oxygen atoms in total. The van der Waals surface area contributed by atoms with Gasteiger partial charge in [-0.25, -0.2) is 0 Å². The summed E-state index contributed by atoms with van der Waals surface area (Å²) in [6.07, 6.45) is 5.61. The summed E-state index contributed by atoms with van der Waals surface area (Å²) < 4.78 is 13.5. The van der Waals surface area contributed by atoms with Gasteiger partial charge < -0.3 is 19.7 Å². The predicted molar refractivity (Wildman–Crippen MR) is 97.9 cm³/mol. The lowest BCUT2D eigenvalue weighted by molar-refractivity contribution is -0.173. The van der Waals surface area contributed by atoms with Crippen LogP contribution < -0.4 is 10.2 Å². The average Bonchev–Trinajstić information content (AvgIpc) is 2.83. The zero-order valence-electron chi connectivity index (χ0n) is 15.9. The van der Waals surface area contributed by atoms with Gasteiger partial charge in [0.25, 0.3) is 0 Å². The van der Waals surface area contributed by atoms with E-state index in [-0.39, 0.29) is 0 Å². The van der Waals surface area contributed by atoms with Crippen LogP contribution in [0, 0.1) is 12.3 Å². The van der Waals surface area contributed by atoms with E-state index in [9.17, 15) is 0 Å². The summed E-state index contributed by atoms with van der Waals surface area (Å²) in [6, 6.07) is 0.593. The van der Waals surface area contributed by atoms with Crippen LogP contribution >= 0.6 is 0 Å². The number of rotatable bonds is 6. The number of morpholine rings is 1. The number of hydrogen-bond acceptors (Lipinski definition) is 5. The van der Waals surface area contributed by atoms with Gasteiger partial charge in [-0.05, 0) is 33.1 Å². The van der Waals surface area contributed by atoms with E-state index in [1.165, 1.54) is 30.6 Å². The van der Waals surface area contributed by atoms with E-state index in [1.807, 2.05) is 4.68 Å². The molecule has 0 amide bonds. The molecule has 0 unspecified atom stereocenters. The van der Waals surface area contributed by atoms with Crippen LogP contribution in [0.2, 0.25) is 0 Å². The number of aromatic nitrogens is 2. The largest absolute Gasteiger partial charge is 0.378 e. The number of ether oxygens (including phenoxy) is 2. The predicted octanol–water partition coefficient (Wildman–Crippen LogP) is 2.00. The molecule has 1 spiro atoms. The minimum Gasteiger partial charge on any atom is -0.378 e. The molecule has 1 N–H and O–H groups in total. The summed E-state index contributed by atoms with van der Waals surface area (Å²) in [5.41, 5.74) is 2.89. The molecule has 0 radical (unpaired) electrons. The molecule has 1 saturated heterocycles. The Balaban J connectivity index is 1.45. The molecule has 2 atom stereocenters. The molecule has 3 fully saturated rings. The topological polar surface area (TPSA) is 51.5 Å². The lowest BCUT2D eigenvalue weighted by Crippen LogP contribution is -2.66. The van der Waals surface area contributed by atoms with Crippen LogP contribution in [0.4, 0.5) is 5.82 Å². The Morgan fingerprint density at radius 2 is 2.08 bits per heavy atom. The third kappa shape index (κ3) is 2.88. The summed E-state index contributed by atoms with van der Waals surface area (Å²) in [4.78, 5) is 2.42. The summed E-state index contributed by atoms with van der Waals surface area (Å²) in [6.45, 7) is 9.49. The first-order valence-corrected chi connectivity index (χ1v) is 9.86. The normalized spacial score (nSPS) is 28.0. The molecule has 3 aliphatic rings. The lowest BCUT2D eigenvalue weighted by Gasteiger charge is -2.61. The summed E-state index contributed by atoms with van der Waals surface area (Å²) in [5, 5.41) is 8.55. The molecule has 2 saturated carbocycles. The molecule has 4 rings (SSSR count). The highest BCUT2D eigenvalue weighted by Crippen LogP contribution is 2.57. The van der Waals surface area contributed by atoms with Crippen molar-refractivity contribution in [3.8, 4) is 0 Å². The second kappa shape index (κ2) is 6.89. The molecule has 1 aromatic heterocycles. The summed E-state index contributed by atoms with van der Waals surface area (Å²) in [7, 11) is 2.06. The molecule has 0 aromatic carbocycles. The van der Waals surface area contributed by atoms with Crippen molar-refractivity contribution >= 4 is 5.82 Å². The van der Waals surface area contributed by atoms with Crippen LogP contribution in [0.25, 0.3) is 0 Å². The smallest absolute Gasteiger partial charge is 0.131 e. The van der Waals surface area contributed by atoms with Crippen LogP contribution in [0.1, 0.15) is 43.9 Å². The zero-order valence-corrected chi connectivity index (χ0v) is 15.9. The van der Waals surface area contributed by atoms with Crippen molar-refractivity contribution in [1.82, 2.24) is 15.1 Å². The number of nitrogens with zero attached hydrogens (tertiary/aromatic N) is 3. The van der Waals surface area contributed by atoms with Crippen molar-refractivity contribution in [2.75, 3.05) is 37.8 Å². The SMILES string of the molecule is CCO[C@@H]1C[C@H](NCc2c(C)nn(C)c2N2CCOCC2)C12CCC2. The summed E-state index contributed by atoms with van der Waals surface area (Å²) in [5.74, 6) is 1.26. The highest BCUT2D eigenvalue weighted by molar-refractivity contribution is 5.50. The van der Waals surface area contributed by atoms with Crippen LogP contribution in [-0.4, -0.2) is 54.8 Å². The molecular formula is C19H32N4O2. The molecule has 0 bridgehead atoms. The average molecular weight is 348 g/mol. The van der Waals surface area contributed by atoms with Gasteiger partial charge in [0.2, 0.25) is 0 Å². The van der Waals surface area contributed by atoms with Gasteiger partial charge in [0.15, 0.2) is 0 Å². The van der Waals surface area contributed by atoms with Crippen molar-refractivity contribution in [1.29, 1.82) is 0 Å². The fraction of sp³-hybridized carbons (Fsp3) is 0.842. The van der Waals surface area contributed by atoms with Gasteiger partial charge in [-0.15, -0.1) is 0 Å². The number of aryl methyl sites for hydroxylation is 2. The molecule has 2 aliphatic carbocycles. The minimum absolute atomic E-state index is 0.408. The standard InChI is InChI=1S/C19H32N4O2/c1-4-25-17-12-16(19(17)6-5-7-19)20-13-15-14(2)21-22(3)18(15)23-8-10-24-11-9-23/h16-17,20H,4-13H2,1-3H3/t16-,17+/m0/s1. The Morgan fingerprint density at radius 3 is 2.72 bits per heavy atom. The van der Waals surface area contributed by atoms with Crippen molar-refractivity contribution in [2.45, 2.75) is 58.2 Å². The molecular weight excluding hydrogens is 316 g/mol. The first-order valence-electron chi connectivity index (χ1n) is 9.86. The summed E-state index contributed by atoms with van der Waals surface area (Å²) >= 11 is 0. The molecule has 140 valence electrons. The molecule has 25 heavy (non-hydrogen) atoms. The minimum atomic E-state index is 0.408. The van der Waals surface area contributed by atoms with E-state index in [1.54, 1.807) is 0 Å². The molecule has 2 heterocycles. The molecule has 1 aliphatic heterocycles. The number of anilines is 1.